The molecule has 16 heavy (non-hydrogen) atoms. The summed E-state index contributed by atoms with van der Waals surface area (Å²) in [4.78, 5) is 17.3. The lowest BCUT2D eigenvalue weighted by Crippen LogP contribution is -2.36. The number of carbonyl (C=O) groups excluding carboxylic acids is 1. The van der Waals surface area contributed by atoms with Crippen molar-refractivity contribution in [1.29, 1.82) is 0 Å². The van der Waals surface area contributed by atoms with Gasteiger partial charge in [0.15, 0.2) is 0 Å². The van der Waals surface area contributed by atoms with Crippen molar-refractivity contribution < 1.29 is 4.79 Å². The molecule has 1 N–H and O–H groups in total. The highest BCUT2D eigenvalue weighted by Crippen LogP contribution is 2.08. The third kappa shape index (κ3) is 3.62. The van der Waals surface area contributed by atoms with Gasteiger partial charge in [-0.2, -0.15) is 0 Å². The van der Waals surface area contributed by atoms with Gasteiger partial charge >= 0.3 is 0 Å². The molecule has 1 aromatic heterocycles. The molecule has 0 fully saturated rings. The summed E-state index contributed by atoms with van der Waals surface area (Å²) in [5.74, 6) is 0.109. The number of hydrogen-bond donors (Lipinski definition) is 1. The van der Waals surface area contributed by atoms with E-state index in [1.807, 2.05) is 32.2 Å². The number of likely N-dealkylation sites (N-methyl/N-ethyl adjacent to an activating group) is 1. The van der Waals surface area contributed by atoms with E-state index < -0.39 is 0 Å². The predicted molar refractivity (Wildman–Crippen MR) is 64.0 cm³/mol. The predicted octanol–water partition coefficient (Wildman–Crippen LogP) is 1.21. The Kier molecular flexibility index (Phi) is 4.92. The van der Waals surface area contributed by atoms with E-state index in [0.717, 1.165) is 12.1 Å². The molecule has 0 aliphatic carbocycles. The number of pyridine rings is 1. The monoisotopic (exact) mass is 221 g/mol. The fraction of sp³-hybridized carbons (Fsp3) is 0.500. The zero-order valence-electron chi connectivity index (χ0n) is 10.1. The lowest BCUT2D eigenvalue weighted by molar-refractivity contribution is -0.128. The molecule has 1 rings (SSSR count). The summed E-state index contributed by atoms with van der Waals surface area (Å²) >= 11 is 0. The van der Waals surface area contributed by atoms with Crippen molar-refractivity contribution in [1.82, 2.24) is 15.2 Å². The first-order valence-electron chi connectivity index (χ1n) is 5.52. The summed E-state index contributed by atoms with van der Waals surface area (Å²) in [6, 6.07) is 4.04. The van der Waals surface area contributed by atoms with E-state index in [1.165, 1.54) is 0 Å². The highest BCUT2D eigenvalue weighted by molar-refractivity contribution is 5.77. The molecule has 0 saturated carbocycles. The summed E-state index contributed by atoms with van der Waals surface area (Å²) < 4.78 is 0. The summed E-state index contributed by atoms with van der Waals surface area (Å²) in [6.07, 6.45) is 3.55. The zero-order valence-corrected chi connectivity index (χ0v) is 10.1. The van der Waals surface area contributed by atoms with Crippen LogP contribution in [-0.4, -0.2) is 35.9 Å². The van der Waals surface area contributed by atoms with Crippen LogP contribution in [0.1, 0.15) is 25.5 Å². The van der Waals surface area contributed by atoms with Crippen LogP contribution in [0.15, 0.2) is 24.5 Å². The molecular formula is C12H19N3O. The molecule has 4 heteroatoms. The van der Waals surface area contributed by atoms with Crippen LogP contribution in [0.5, 0.6) is 0 Å². The van der Waals surface area contributed by atoms with Crippen LogP contribution in [0.4, 0.5) is 0 Å². The second-order valence-corrected chi connectivity index (χ2v) is 3.80. The van der Waals surface area contributed by atoms with Crippen molar-refractivity contribution in [3.63, 3.8) is 0 Å². The maximum absolute atomic E-state index is 11.6. The molecule has 0 saturated heterocycles. The van der Waals surface area contributed by atoms with E-state index in [1.54, 1.807) is 18.1 Å². The molecule has 0 aliphatic heterocycles. The minimum absolute atomic E-state index is 0.109. The Labute approximate surface area is 96.7 Å². The van der Waals surface area contributed by atoms with Crippen molar-refractivity contribution in [2.75, 3.05) is 20.1 Å². The van der Waals surface area contributed by atoms with Gasteiger partial charge in [0, 0.05) is 32.0 Å². The Morgan fingerprint density at radius 3 is 2.94 bits per heavy atom. The molecule has 0 unspecified atom stereocenters. The quantitative estimate of drug-likeness (QED) is 0.813. The van der Waals surface area contributed by atoms with Gasteiger partial charge in [-0.1, -0.05) is 6.07 Å². The maximum Gasteiger partial charge on any atom is 0.236 e. The molecular weight excluding hydrogens is 202 g/mol. The number of aromatic nitrogens is 1. The fourth-order valence-electron chi connectivity index (χ4n) is 1.30. The van der Waals surface area contributed by atoms with E-state index in [4.69, 9.17) is 0 Å². The highest BCUT2D eigenvalue weighted by Gasteiger charge is 2.09. The first-order valence-corrected chi connectivity index (χ1v) is 5.52. The second kappa shape index (κ2) is 6.23. The molecule has 1 aromatic rings. The number of amides is 1. The minimum atomic E-state index is 0.109. The maximum atomic E-state index is 11.6. The van der Waals surface area contributed by atoms with E-state index in [2.05, 4.69) is 10.3 Å². The lowest BCUT2D eigenvalue weighted by Gasteiger charge is -2.18. The van der Waals surface area contributed by atoms with Crippen molar-refractivity contribution >= 4 is 5.91 Å². The Balaban J connectivity index is 2.42. The molecule has 88 valence electrons. The number of carbonyl (C=O) groups is 1. The largest absolute Gasteiger partial charge is 0.345 e. The van der Waals surface area contributed by atoms with Crippen LogP contribution >= 0.6 is 0 Å². The van der Waals surface area contributed by atoms with E-state index in [9.17, 15) is 4.79 Å². The summed E-state index contributed by atoms with van der Waals surface area (Å²) in [5, 5.41) is 3.18. The van der Waals surface area contributed by atoms with Gasteiger partial charge in [-0.25, -0.2) is 0 Å². The highest BCUT2D eigenvalue weighted by atomic mass is 16.2. The molecule has 0 bridgehead atoms. The van der Waals surface area contributed by atoms with Crippen molar-refractivity contribution in [2.24, 2.45) is 0 Å². The lowest BCUT2D eigenvalue weighted by atomic mass is 10.1. The molecule has 1 amide bonds. The minimum Gasteiger partial charge on any atom is -0.345 e. The van der Waals surface area contributed by atoms with Crippen molar-refractivity contribution in [2.45, 2.75) is 19.9 Å². The molecule has 0 aromatic carbocycles. The van der Waals surface area contributed by atoms with Gasteiger partial charge in [0.1, 0.15) is 0 Å². The number of nitrogens with zero attached hydrogens (tertiary/aromatic N) is 2. The Hall–Kier alpha value is -1.42. The number of nitrogens with one attached hydrogen (secondary N) is 1. The topological polar surface area (TPSA) is 45.2 Å². The van der Waals surface area contributed by atoms with E-state index in [-0.39, 0.29) is 11.9 Å². The average molecular weight is 221 g/mol. The molecule has 4 nitrogen and oxygen atoms in total. The first kappa shape index (κ1) is 12.6. The van der Waals surface area contributed by atoms with Crippen LogP contribution < -0.4 is 5.32 Å². The number of hydrogen-bond acceptors (Lipinski definition) is 3. The van der Waals surface area contributed by atoms with Crippen molar-refractivity contribution in [3.8, 4) is 0 Å². The van der Waals surface area contributed by atoms with Gasteiger partial charge in [-0.3, -0.25) is 9.78 Å². The smallest absolute Gasteiger partial charge is 0.236 e. The molecule has 0 spiro atoms. The Bertz CT molecular complexity index is 326. The van der Waals surface area contributed by atoms with Crippen molar-refractivity contribution in [3.05, 3.63) is 30.1 Å². The Morgan fingerprint density at radius 1 is 1.62 bits per heavy atom. The molecule has 1 atom stereocenters. The fourth-order valence-corrected chi connectivity index (χ4v) is 1.30. The zero-order chi connectivity index (χ0) is 12.0. The third-order valence-electron chi connectivity index (χ3n) is 2.64. The third-order valence-corrected chi connectivity index (χ3v) is 2.64. The summed E-state index contributed by atoms with van der Waals surface area (Å²) in [7, 11) is 1.80. The van der Waals surface area contributed by atoms with Crippen LogP contribution in [-0.2, 0) is 4.79 Å². The first-order chi connectivity index (χ1) is 7.65. The SMILES string of the molecule is CCN(C)C(=O)CN[C@@H](C)c1cccnc1. The van der Waals surface area contributed by atoms with Crippen LogP contribution in [0.2, 0.25) is 0 Å². The van der Waals surface area contributed by atoms with Gasteiger partial charge in [0.05, 0.1) is 6.54 Å². The standard InChI is InChI=1S/C12H19N3O/c1-4-15(3)12(16)9-14-10(2)11-6-5-7-13-8-11/h5-8,10,14H,4,9H2,1-3H3/t10-/m0/s1. The average Bonchev–Trinajstić information content (AvgIpc) is 2.35. The number of rotatable bonds is 5. The van der Waals surface area contributed by atoms with Crippen LogP contribution in [0.3, 0.4) is 0 Å². The normalized spacial score (nSPS) is 12.2. The molecule has 0 radical (unpaired) electrons. The Morgan fingerprint density at radius 2 is 2.38 bits per heavy atom. The van der Waals surface area contributed by atoms with Crippen LogP contribution in [0, 0.1) is 0 Å². The van der Waals surface area contributed by atoms with Gasteiger partial charge < -0.3 is 10.2 Å². The summed E-state index contributed by atoms with van der Waals surface area (Å²) in [6.45, 7) is 5.08. The van der Waals surface area contributed by atoms with Gasteiger partial charge in [0.25, 0.3) is 0 Å². The van der Waals surface area contributed by atoms with Gasteiger partial charge in [-0.15, -0.1) is 0 Å². The summed E-state index contributed by atoms with van der Waals surface area (Å²) in [5.41, 5.74) is 1.09. The van der Waals surface area contributed by atoms with Gasteiger partial charge in [-0.05, 0) is 25.5 Å². The molecule has 0 aliphatic rings. The van der Waals surface area contributed by atoms with E-state index in [0.29, 0.717) is 6.54 Å². The van der Waals surface area contributed by atoms with Crippen LogP contribution in [0.25, 0.3) is 0 Å². The molecule has 1 heterocycles. The second-order valence-electron chi connectivity index (χ2n) is 3.80. The van der Waals surface area contributed by atoms with Gasteiger partial charge in [0.2, 0.25) is 5.91 Å². The van der Waals surface area contributed by atoms with E-state index >= 15 is 0 Å².